The first kappa shape index (κ1) is 20.7. The van der Waals surface area contributed by atoms with Gasteiger partial charge in [-0.05, 0) is 17.7 Å². The molecule has 5 N–H and O–H groups in total. The van der Waals surface area contributed by atoms with Gasteiger partial charge in [-0.2, -0.15) is 0 Å². The summed E-state index contributed by atoms with van der Waals surface area (Å²) in [7, 11) is 0. The number of alkyl halides is 2. The van der Waals surface area contributed by atoms with E-state index < -0.39 is 18.4 Å². The molecule has 1 saturated heterocycles. The monoisotopic (exact) mass is 399 g/mol. The van der Waals surface area contributed by atoms with Gasteiger partial charge in [-0.25, -0.2) is 8.78 Å². The van der Waals surface area contributed by atoms with E-state index in [1.807, 2.05) is 0 Å². The molecule has 1 aromatic rings. The number of halogens is 5. The van der Waals surface area contributed by atoms with Crippen LogP contribution in [0.3, 0.4) is 0 Å². The van der Waals surface area contributed by atoms with E-state index >= 15 is 0 Å². The van der Waals surface area contributed by atoms with E-state index in [2.05, 4.69) is 4.99 Å². The molecule has 1 heterocycles. The third-order valence-corrected chi connectivity index (χ3v) is 4.40. The van der Waals surface area contributed by atoms with Crippen molar-refractivity contribution in [1.82, 2.24) is 4.90 Å². The van der Waals surface area contributed by atoms with Crippen LogP contribution in [-0.2, 0) is 6.54 Å². The van der Waals surface area contributed by atoms with Crippen molar-refractivity contribution in [1.29, 1.82) is 5.41 Å². The summed E-state index contributed by atoms with van der Waals surface area (Å²) in [5.74, 6) is -3.12. The van der Waals surface area contributed by atoms with Gasteiger partial charge in [-0.3, -0.25) is 10.4 Å². The summed E-state index contributed by atoms with van der Waals surface area (Å²) in [5.41, 5.74) is 12.1. The van der Waals surface area contributed by atoms with Crippen LogP contribution >= 0.6 is 35.6 Å². The third-order valence-electron chi connectivity index (χ3n) is 3.67. The number of aliphatic imine (C=N–C) groups is 1. The molecule has 24 heavy (non-hydrogen) atoms. The van der Waals surface area contributed by atoms with Crippen LogP contribution in [0.2, 0.25) is 10.0 Å². The molecule has 1 aliphatic heterocycles. The van der Waals surface area contributed by atoms with E-state index in [0.29, 0.717) is 10.0 Å². The zero-order valence-corrected chi connectivity index (χ0v) is 14.9. The topological polar surface area (TPSA) is 91.5 Å². The van der Waals surface area contributed by atoms with Crippen molar-refractivity contribution in [3.63, 3.8) is 0 Å². The van der Waals surface area contributed by atoms with Crippen LogP contribution in [0.25, 0.3) is 0 Å². The Labute approximate surface area is 154 Å². The average molecular weight is 401 g/mol. The SMILES string of the molecule is Cl.N=C(N)N1CCC(F)(F)CC1C(N)=NCc1ccc(Cl)c(Cl)c1. The van der Waals surface area contributed by atoms with Gasteiger partial charge >= 0.3 is 0 Å². The normalized spacial score (nSPS) is 20.4. The van der Waals surface area contributed by atoms with E-state index in [4.69, 9.17) is 40.1 Å². The quantitative estimate of drug-likeness (QED) is 0.537. The summed E-state index contributed by atoms with van der Waals surface area (Å²) >= 11 is 11.7. The molecule has 0 aromatic heterocycles. The van der Waals surface area contributed by atoms with Crippen molar-refractivity contribution in [2.24, 2.45) is 16.5 Å². The Balaban J connectivity index is 0.00000288. The second-order valence-electron chi connectivity index (χ2n) is 5.39. The minimum Gasteiger partial charge on any atom is -0.386 e. The predicted molar refractivity (Wildman–Crippen MR) is 95.6 cm³/mol. The summed E-state index contributed by atoms with van der Waals surface area (Å²) in [5, 5.41) is 8.31. The van der Waals surface area contributed by atoms with Gasteiger partial charge in [-0.15, -0.1) is 12.4 Å². The first-order valence-corrected chi connectivity index (χ1v) is 7.67. The van der Waals surface area contributed by atoms with Crippen LogP contribution < -0.4 is 11.5 Å². The molecular weight excluding hydrogens is 383 g/mol. The molecule has 5 nitrogen and oxygen atoms in total. The number of nitrogens with two attached hydrogens (primary N) is 2. The Kier molecular flexibility index (Phi) is 7.07. The van der Waals surface area contributed by atoms with Gasteiger partial charge in [0, 0.05) is 19.4 Å². The summed E-state index contributed by atoms with van der Waals surface area (Å²) in [6.07, 6.45) is -0.869. The second-order valence-corrected chi connectivity index (χ2v) is 6.21. The number of likely N-dealkylation sites (tertiary alicyclic amines) is 1. The average Bonchev–Trinajstić information content (AvgIpc) is 2.46. The molecule has 10 heteroatoms. The van der Waals surface area contributed by atoms with E-state index in [1.54, 1.807) is 18.2 Å². The van der Waals surface area contributed by atoms with Gasteiger partial charge in [0.05, 0.1) is 22.6 Å². The van der Waals surface area contributed by atoms with Crippen molar-refractivity contribution in [3.8, 4) is 0 Å². The number of amidine groups is 1. The van der Waals surface area contributed by atoms with Crippen molar-refractivity contribution >= 4 is 47.4 Å². The van der Waals surface area contributed by atoms with Gasteiger partial charge < -0.3 is 16.4 Å². The molecule has 2 rings (SSSR count). The van der Waals surface area contributed by atoms with E-state index in [9.17, 15) is 8.78 Å². The van der Waals surface area contributed by atoms with E-state index in [1.165, 1.54) is 4.90 Å². The highest BCUT2D eigenvalue weighted by Crippen LogP contribution is 2.32. The first-order valence-electron chi connectivity index (χ1n) is 6.92. The second kappa shape index (κ2) is 8.18. The van der Waals surface area contributed by atoms with Crippen LogP contribution in [0.4, 0.5) is 8.78 Å². The fraction of sp³-hybridized carbons (Fsp3) is 0.429. The molecule has 1 fully saturated rings. The Hall–Kier alpha value is -1.31. The minimum absolute atomic E-state index is 0. The number of nitrogens with one attached hydrogen (secondary N) is 1. The number of hydrogen-bond donors (Lipinski definition) is 3. The number of guanidine groups is 1. The number of piperidine rings is 1. The molecule has 134 valence electrons. The highest BCUT2D eigenvalue weighted by Gasteiger charge is 2.42. The highest BCUT2D eigenvalue weighted by atomic mass is 35.5. The lowest BCUT2D eigenvalue weighted by Gasteiger charge is -2.39. The Morgan fingerprint density at radius 2 is 2.00 bits per heavy atom. The third kappa shape index (κ3) is 5.09. The van der Waals surface area contributed by atoms with Crippen LogP contribution in [0, 0.1) is 5.41 Å². The van der Waals surface area contributed by atoms with E-state index in [-0.39, 0.29) is 43.7 Å². The van der Waals surface area contributed by atoms with Crippen LogP contribution in [0.1, 0.15) is 18.4 Å². The molecule has 0 radical (unpaired) electrons. The lowest BCUT2D eigenvalue weighted by atomic mass is 9.98. The van der Waals surface area contributed by atoms with Gasteiger partial charge in [0.1, 0.15) is 5.84 Å². The Morgan fingerprint density at radius 1 is 1.33 bits per heavy atom. The fourth-order valence-corrected chi connectivity index (χ4v) is 2.73. The maximum Gasteiger partial charge on any atom is 0.252 e. The molecule has 0 aliphatic carbocycles. The van der Waals surface area contributed by atoms with E-state index in [0.717, 1.165) is 5.56 Å². The summed E-state index contributed by atoms with van der Waals surface area (Å²) in [4.78, 5) is 5.49. The summed E-state index contributed by atoms with van der Waals surface area (Å²) in [6.45, 7) is 0.145. The molecule has 1 aromatic carbocycles. The number of nitrogens with zero attached hydrogens (tertiary/aromatic N) is 2. The Morgan fingerprint density at radius 3 is 2.58 bits per heavy atom. The largest absolute Gasteiger partial charge is 0.386 e. The van der Waals surface area contributed by atoms with Gasteiger partial charge in [-0.1, -0.05) is 29.3 Å². The minimum atomic E-state index is -2.85. The molecule has 0 spiro atoms. The predicted octanol–water partition coefficient (Wildman–Crippen LogP) is 3.27. The van der Waals surface area contributed by atoms with Crippen LogP contribution in [-0.4, -0.2) is 35.2 Å². The van der Waals surface area contributed by atoms with Crippen molar-refractivity contribution in [2.45, 2.75) is 31.4 Å². The molecular formula is C14H18Cl3F2N5. The highest BCUT2D eigenvalue weighted by molar-refractivity contribution is 6.42. The number of hydrogen-bond acceptors (Lipinski definition) is 2. The smallest absolute Gasteiger partial charge is 0.252 e. The van der Waals surface area contributed by atoms with Crippen molar-refractivity contribution < 1.29 is 8.78 Å². The van der Waals surface area contributed by atoms with Crippen molar-refractivity contribution in [2.75, 3.05) is 6.54 Å². The maximum atomic E-state index is 13.6. The van der Waals surface area contributed by atoms with Gasteiger partial charge in [0.15, 0.2) is 5.96 Å². The van der Waals surface area contributed by atoms with Crippen LogP contribution in [0.15, 0.2) is 23.2 Å². The molecule has 0 bridgehead atoms. The van der Waals surface area contributed by atoms with Gasteiger partial charge in [0.2, 0.25) is 0 Å². The zero-order valence-electron chi connectivity index (χ0n) is 12.6. The summed E-state index contributed by atoms with van der Waals surface area (Å²) < 4.78 is 27.3. The molecule has 0 saturated carbocycles. The first-order chi connectivity index (χ1) is 10.7. The molecule has 0 amide bonds. The zero-order chi connectivity index (χ0) is 17.2. The maximum absolute atomic E-state index is 13.6. The summed E-state index contributed by atoms with van der Waals surface area (Å²) in [6, 6.07) is 4.10. The standard InChI is InChI=1S/C14H17Cl2F2N5.ClH/c15-9-2-1-8(5-10(9)16)7-22-12(19)11-6-14(17,18)3-4-23(11)13(20)21;/h1-2,5,11H,3-4,6-7H2,(H2,19,22)(H3,20,21);1H. The molecule has 1 aliphatic rings. The number of benzene rings is 1. The fourth-order valence-electron chi connectivity index (χ4n) is 2.41. The molecule has 1 unspecified atom stereocenters. The Bertz CT molecular complexity index is 639. The van der Waals surface area contributed by atoms with Gasteiger partial charge in [0.25, 0.3) is 5.92 Å². The lowest BCUT2D eigenvalue weighted by Crippen LogP contribution is -2.57. The van der Waals surface area contributed by atoms with Crippen LogP contribution in [0.5, 0.6) is 0 Å². The molecule has 1 atom stereocenters. The number of rotatable bonds is 3. The lowest BCUT2D eigenvalue weighted by molar-refractivity contribution is -0.0527. The van der Waals surface area contributed by atoms with Crippen molar-refractivity contribution in [3.05, 3.63) is 33.8 Å².